The quantitative estimate of drug-likeness (QED) is 0.540. The Morgan fingerprint density at radius 2 is 1.94 bits per heavy atom. The first kappa shape index (κ1) is 16.7. The second-order valence-corrected chi connectivity index (χ2v) is 4.49. The topological polar surface area (TPSA) is 89.9 Å². The van der Waals surface area contributed by atoms with Crippen LogP contribution < -0.4 is 5.32 Å². The number of carboxylic acid groups (broad SMARTS) is 1. The maximum atomic E-state index is 11.7. The van der Waals surface area contributed by atoms with Crippen molar-refractivity contribution in [1.82, 2.24) is 10.2 Å². The molecule has 2 amide bonds. The minimum absolute atomic E-state index is 0.0572. The highest BCUT2D eigenvalue weighted by Crippen LogP contribution is 2.00. The van der Waals surface area contributed by atoms with E-state index >= 15 is 0 Å². The van der Waals surface area contributed by atoms with Gasteiger partial charge in [-0.2, -0.15) is 0 Å². The minimum Gasteiger partial charge on any atom is -0.481 e. The molecule has 0 heterocycles. The number of aliphatic hydroxyl groups excluding tert-OH is 1. The van der Waals surface area contributed by atoms with Crippen molar-refractivity contribution in [3.8, 4) is 0 Å². The molecule has 1 unspecified atom stereocenters. The van der Waals surface area contributed by atoms with Crippen molar-refractivity contribution in [2.45, 2.75) is 45.1 Å². The van der Waals surface area contributed by atoms with Crippen molar-refractivity contribution < 1.29 is 19.8 Å². The summed E-state index contributed by atoms with van der Waals surface area (Å²) in [4.78, 5) is 23.6. The Hall–Kier alpha value is -1.30. The first-order valence-electron chi connectivity index (χ1n) is 6.31. The van der Waals surface area contributed by atoms with E-state index in [9.17, 15) is 9.59 Å². The summed E-state index contributed by atoms with van der Waals surface area (Å²) in [5, 5.41) is 19.9. The van der Waals surface area contributed by atoms with E-state index in [2.05, 4.69) is 5.32 Å². The monoisotopic (exact) mass is 260 g/mol. The molecule has 0 spiro atoms. The normalized spacial score (nSPS) is 11.9. The Morgan fingerprint density at radius 1 is 1.28 bits per heavy atom. The van der Waals surface area contributed by atoms with Crippen LogP contribution in [0.15, 0.2) is 0 Å². The van der Waals surface area contributed by atoms with Crippen LogP contribution in [0, 0.1) is 0 Å². The van der Waals surface area contributed by atoms with Crippen LogP contribution in [-0.4, -0.2) is 53.4 Å². The van der Waals surface area contributed by atoms with Crippen molar-refractivity contribution >= 4 is 12.0 Å². The van der Waals surface area contributed by atoms with Crippen molar-refractivity contribution in [3.63, 3.8) is 0 Å². The molecule has 0 aliphatic heterocycles. The number of carbonyl (C=O) groups is 2. The molecule has 18 heavy (non-hydrogen) atoms. The highest BCUT2D eigenvalue weighted by Gasteiger charge is 2.12. The first-order chi connectivity index (χ1) is 8.47. The minimum atomic E-state index is -0.853. The summed E-state index contributed by atoms with van der Waals surface area (Å²) >= 11 is 0. The maximum Gasteiger partial charge on any atom is 0.317 e. The lowest BCUT2D eigenvalue weighted by molar-refractivity contribution is -0.137. The molecule has 6 nitrogen and oxygen atoms in total. The Kier molecular flexibility index (Phi) is 9.00. The number of carbonyl (C=O) groups excluding carboxylic acids is 1. The number of carboxylic acids is 1. The van der Waals surface area contributed by atoms with Gasteiger partial charge in [0.25, 0.3) is 0 Å². The van der Waals surface area contributed by atoms with Gasteiger partial charge < -0.3 is 20.4 Å². The lowest BCUT2D eigenvalue weighted by Crippen LogP contribution is -2.42. The van der Waals surface area contributed by atoms with Crippen LogP contribution >= 0.6 is 0 Å². The lowest BCUT2D eigenvalue weighted by atomic mass is 10.2. The van der Waals surface area contributed by atoms with Crippen LogP contribution in [0.2, 0.25) is 0 Å². The van der Waals surface area contributed by atoms with E-state index in [1.807, 2.05) is 0 Å². The van der Waals surface area contributed by atoms with E-state index in [1.54, 1.807) is 18.9 Å². The zero-order valence-corrected chi connectivity index (χ0v) is 11.2. The third kappa shape index (κ3) is 8.81. The number of unbranched alkanes of at least 4 members (excludes halogenated alkanes) is 2. The van der Waals surface area contributed by atoms with Gasteiger partial charge in [-0.15, -0.1) is 0 Å². The number of amides is 2. The van der Waals surface area contributed by atoms with Crippen molar-refractivity contribution in [3.05, 3.63) is 0 Å². The van der Waals surface area contributed by atoms with Gasteiger partial charge in [-0.1, -0.05) is 0 Å². The molecule has 1 atom stereocenters. The van der Waals surface area contributed by atoms with Crippen LogP contribution in [0.5, 0.6) is 0 Å². The van der Waals surface area contributed by atoms with Crippen LogP contribution in [0.25, 0.3) is 0 Å². The molecule has 6 heteroatoms. The van der Waals surface area contributed by atoms with E-state index in [0.717, 1.165) is 19.3 Å². The fourth-order valence-corrected chi connectivity index (χ4v) is 1.47. The van der Waals surface area contributed by atoms with Gasteiger partial charge in [-0.3, -0.25) is 4.79 Å². The molecule has 0 saturated carbocycles. The zero-order chi connectivity index (χ0) is 14.0. The molecule has 3 N–H and O–H groups in total. The van der Waals surface area contributed by atoms with E-state index in [4.69, 9.17) is 10.2 Å². The Balaban J connectivity index is 3.75. The van der Waals surface area contributed by atoms with Crippen LogP contribution in [0.3, 0.4) is 0 Å². The zero-order valence-electron chi connectivity index (χ0n) is 11.2. The number of nitrogens with zero attached hydrogens (tertiary/aromatic N) is 1. The molecule has 106 valence electrons. The number of rotatable bonds is 9. The highest BCUT2D eigenvalue weighted by molar-refractivity contribution is 5.74. The summed E-state index contributed by atoms with van der Waals surface area (Å²) in [6.07, 6.45) is 2.99. The summed E-state index contributed by atoms with van der Waals surface area (Å²) < 4.78 is 0. The average molecular weight is 260 g/mol. The highest BCUT2D eigenvalue weighted by atomic mass is 16.4. The number of hydrogen-bond acceptors (Lipinski definition) is 3. The smallest absolute Gasteiger partial charge is 0.317 e. The van der Waals surface area contributed by atoms with Crippen LogP contribution in [0.1, 0.15) is 39.0 Å². The molecule has 0 saturated heterocycles. The summed E-state index contributed by atoms with van der Waals surface area (Å²) in [6, 6.07) is -0.328. The van der Waals surface area contributed by atoms with Gasteiger partial charge in [0.1, 0.15) is 0 Å². The van der Waals surface area contributed by atoms with Crippen LogP contribution in [0.4, 0.5) is 4.79 Å². The third-order valence-corrected chi connectivity index (χ3v) is 2.66. The number of aliphatic carboxylic acids is 1. The number of hydrogen-bond donors (Lipinski definition) is 3. The fraction of sp³-hybridized carbons (Fsp3) is 0.833. The van der Waals surface area contributed by atoms with Gasteiger partial charge >= 0.3 is 12.0 Å². The van der Waals surface area contributed by atoms with E-state index in [1.165, 1.54) is 0 Å². The Morgan fingerprint density at radius 3 is 2.50 bits per heavy atom. The molecule has 0 bridgehead atoms. The molecular weight excluding hydrogens is 236 g/mol. The second-order valence-electron chi connectivity index (χ2n) is 4.49. The van der Waals surface area contributed by atoms with Crippen molar-refractivity contribution in [2.24, 2.45) is 0 Å². The summed E-state index contributed by atoms with van der Waals surface area (Å²) in [5.41, 5.74) is 0. The summed E-state index contributed by atoms with van der Waals surface area (Å²) in [7, 11) is 1.71. The van der Waals surface area contributed by atoms with Gasteiger partial charge in [-0.25, -0.2) is 4.79 Å². The lowest BCUT2D eigenvalue weighted by Gasteiger charge is -2.21. The Labute approximate surface area is 108 Å². The fourth-order valence-electron chi connectivity index (χ4n) is 1.47. The van der Waals surface area contributed by atoms with E-state index in [0.29, 0.717) is 13.0 Å². The number of aliphatic hydroxyl groups is 1. The second kappa shape index (κ2) is 9.70. The third-order valence-electron chi connectivity index (χ3n) is 2.66. The Bertz CT molecular complexity index is 258. The molecule has 0 aromatic heterocycles. The summed E-state index contributed by atoms with van der Waals surface area (Å²) in [6.45, 7) is 2.61. The molecule has 0 fully saturated rings. The number of urea groups is 1. The van der Waals surface area contributed by atoms with E-state index < -0.39 is 5.97 Å². The van der Waals surface area contributed by atoms with Crippen LogP contribution in [-0.2, 0) is 4.79 Å². The number of nitrogens with one attached hydrogen (secondary N) is 1. The molecule has 0 aromatic carbocycles. The van der Waals surface area contributed by atoms with Crippen molar-refractivity contribution in [2.75, 3.05) is 20.2 Å². The van der Waals surface area contributed by atoms with Gasteiger partial charge in [-0.05, 0) is 32.6 Å². The molecule has 0 rings (SSSR count). The van der Waals surface area contributed by atoms with Gasteiger partial charge in [0.05, 0.1) is 0 Å². The molecule has 0 aliphatic rings. The largest absolute Gasteiger partial charge is 0.481 e. The molecule has 0 aromatic rings. The van der Waals surface area contributed by atoms with Gasteiger partial charge in [0.15, 0.2) is 0 Å². The average Bonchev–Trinajstić information content (AvgIpc) is 2.31. The standard InChI is InChI=1S/C12H24N2O4/c1-10(6-7-11(16)17)13-12(18)14(2)8-4-3-5-9-15/h10,15H,3-9H2,1-2H3,(H,13,18)(H,16,17). The molecular formula is C12H24N2O4. The maximum absolute atomic E-state index is 11.7. The van der Waals surface area contributed by atoms with E-state index in [-0.39, 0.29) is 25.1 Å². The van der Waals surface area contributed by atoms with Gasteiger partial charge in [0, 0.05) is 32.7 Å². The van der Waals surface area contributed by atoms with Gasteiger partial charge in [0.2, 0.25) is 0 Å². The van der Waals surface area contributed by atoms with Crippen molar-refractivity contribution in [1.29, 1.82) is 0 Å². The predicted octanol–water partition coefficient (Wildman–Crippen LogP) is 1.04. The summed E-state index contributed by atoms with van der Waals surface area (Å²) in [5.74, 6) is -0.853. The molecule has 0 radical (unpaired) electrons. The predicted molar refractivity (Wildman–Crippen MR) is 68.4 cm³/mol. The molecule has 0 aliphatic carbocycles. The first-order valence-corrected chi connectivity index (χ1v) is 6.31. The SMILES string of the molecule is CC(CCC(=O)O)NC(=O)N(C)CCCCCO.